The maximum Gasteiger partial charge on any atom is 0.337 e. The van der Waals surface area contributed by atoms with Gasteiger partial charge in [0.1, 0.15) is 5.66 Å². The zero-order valence-electron chi connectivity index (χ0n) is 12.5. The number of benzene rings is 1. The Morgan fingerprint density at radius 3 is 2.61 bits per heavy atom. The molecule has 0 amide bonds. The minimum absolute atomic E-state index is 0.156. The van der Waals surface area contributed by atoms with E-state index in [0.29, 0.717) is 5.69 Å². The summed E-state index contributed by atoms with van der Waals surface area (Å²) in [6.07, 6.45) is 4.66. The summed E-state index contributed by atoms with van der Waals surface area (Å²) < 4.78 is 0.844. The van der Waals surface area contributed by atoms with Crippen molar-refractivity contribution in [2.45, 2.75) is 37.8 Å². The number of carboxylic acids is 1. The van der Waals surface area contributed by atoms with E-state index < -0.39 is 11.6 Å². The number of nitrogens with two attached hydrogens (primary N) is 2. The van der Waals surface area contributed by atoms with Crippen molar-refractivity contribution < 1.29 is 9.90 Å². The van der Waals surface area contributed by atoms with Crippen LogP contribution in [0.4, 0.5) is 5.69 Å². The Morgan fingerprint density at radius 2 is 1.96 bits per heavy atom. The lowest BCUT2D eigenvalue weighted by Crippen LogP contribution is -2.58. The molecule has 1 spiro atoms. The van der Waals surface area contributed by atoms with Crippen LogP contribution in [0, 0.1) is 3.57 Å². The highest BCUT2D eigenvalue weighted by Gasteiger charge is 2.43. The molecule has 2 aliphatic rings. The molecule has 1 aromatic rings. The van der Waals surface area contributed by atoms with E-state index in [1.165, 1.54) is 0 Å². The van der Waals surface area contributed by atoms with Gasteiger partial charge in [0, 0.05) is 3.57 Å². The molecular weight excluding hydrogens is 409 g/mol. The van der Waals surface area contributed by atoms with Gasteiger partial charge in [-0.2, -0.15) is 4.99 Å². The van der Waals surface area contributed by atoms with Gasteiger partial charge in [0.15, 0.2) is 0 Å². The van der Waals surface area contributed by atoms with Gasteiger partial charge in [0.05, 0.1) is 11.3 Å². The second-order valence-electron chi connectivity index (χ2n) is 5.79. The van der Waals surface area contributed by atoms with Gasteiger partial charge in [0.25, 0.3) is 0 Å². The van der Waals surface area contributed by atoms with Crippen molar-refractivity contribution in [2.75, 3.05) is 4.90 Å². The van der Waals surface area contributed by atoms with Crippen LogP contribution in [0.1, 0.15) is 42.5 Å². The van der Waals surface area contributed by atoms with E-state index in [9.17, 15) is 9.90 Å². The number of halogens is 1. The third-order valence-corrected chi connectivity index (χ3v) is 4.95. The Bertz CT molecular complexity index is 710. The van der Waals surface area contributed by atoms with Gasteiger partial charge in [-0.25, -0.2) is 9.79 Å². The largest absolute Gasteiger partial charge is 0.478 e. The second-order valence-corrected chi connectivity index (χ2v) is 7.03. The summed E-state index contributed by atoms with van der Waals surface area (Å²) in [5.74, 6) is -0.647. The van der Waals surface area contributed by atoms with Crippen LogP contribution in [0.15, 0.2) is 28.2 Å². The average molecular weight is 427 g/mol. The van der Waals surface area contributed by atoms with Crippen molar-refractivity contribution in [1.29, 1.82) is 0 Å². The van der Waals surface area contributed by atoms with E-state index in [1.807, 2.05) is 6.07 Å². The van der Waals surface area contributed by atoms with E-state index in [2.05, 4.69) is 32.6 Å². The molecule has 23 heavy (non-hydrogen) atoms. The van der Waals surface area contributed by atoms with Gasteiger partial charge in [-0.05, 0) is 66.5 Å². The molecule has 8 heteroatoms. The van der Waals surface area contributed by atoms with Gasteiger partial charge in [-0.1, -0.05) is 6.42 Å². The molecular formula is C15H18IN5O2. The van der Waals surface area contributed by atoms with Crippen LogP contribution in [0.2, 0.25) is 0 Å². The van der Waals surface area contributed by atoms with Crippen LogP contribution in [0.25, 0.3) is 0 Å². The van der Waals surface area contributed by atoms with Crippen molar-refractivity contribution in [1.82, 2.24) is 0 Å². The molecule has 0 atom stereocenters. The highest BCUT2D eigenvalue weighted by Crippen LogP contribution is 2.40. The normalized spacial score (nSPS) is 20.1. The summed E-state index contributed by atoms with van der Waals surface area (Å²) in [6.45, 7) is 0. The molecule has 0 unspecified atom stereocenters. The lowest BCUT2D eigenvalue weighted by atomic mass is 9.87. The summed E-state index contributed by atoms with van der Waals surface area (Å²) in [5, 5.41) is 9.57. The number of aromatic carboxylic acids is 1. The minimum Gasteiger partial charge on any atom is -0.478 e. The highest BCUT2D eigenvalue weighted by molar-refractivity contribution is 14.1. The Hall–Kier alpha value is -1.84. The number of rotatable bonds is 2. The van der Waals surface area contributed by atoms with Crippen LogP contribution >= 0.6 is 22.6 Å². The number of hydrogen-bond acceptors (Lipinski definition) is 6. The average Bonchev–Trinajstić information content (AvgIpc) is 2.48. The lowest BCUT2D eigenvalue weighted by Gasteiger charge is -2.46. The summed E-state index contributed by atoms with van der Waals surface area (Å²) in [4.78, 5) is 22.1. The maximum atomic E-state index is 11.7. The molecule has 122 valence electrons. The zero-order valence-corrected chi connectivity index (χ0v) is 14.7. The standard InChI is InChI=1S/C15H18IN5O2/c16-9-4-5-11(10(8-9)12(22)23)21-14(18)19-13(17)20-15(21)6-2-1-3-7-15/h4-5,8H,1-3,6-7H2,(H,22,23)(H4,17,18,19,20). The van der Waals surface area contributed by atoms with E-state index in [1.54, 1.807) is 17.0 Å². The number of aliphatic imine (C=N–C) groups is 2. The predicted molar refractivity (Wildman–Crippen MR) is 97.7 cm³/mol. The van der Waals surface area contributed by atoms with Crippen molar-refractivity contribution in [2.24, 2.45) is 21.5 Å². The summed E-state index contributed by atoms with van der Waals surface area (Å²) in [5.41, 5.74) is 12.0. The van der Waals surface area contributed by atoms with Crippen LogP contribution in [0.5, 0.6) is 0 Å². The Labute approximate surface area is 147 Å². The molecule has 0 radical (unpaired) electrons. The molecule has 1 saturated carbocycles. The maximum absolute atomic E-state index is 11.7. The first-order chi connectivity index (χ1) is 10.9. The number of carboxylic acid groups (broad SMARTS) is 1. The Balaban J connectivity index is 2.16. The van der Waals surface area contributed by atoms with E-state index in [-0.39, 0.29) is 17.5 Å². The second kappa shape index (κ2) is 5.99. The predicted octanol–water partition coefficient (Wildman–Crippen LogP) is 2.10. The van der Waals surface area contributed by atoms with Crippen LogP contribution in [-0.2, 0) is 0 Å². The summed E-state index contributed by atoms with van der Waals surface area (Å²) in [7, 11) is 0. The van der Waals surface area contributed by atoms with Crippen molar-refractivity contribution in [3.63, 3.8) is 0 Å². The minimum atomic E-state index is -1.00. The van der Waals surface area contributed by atoms with Gasteiger partial charge in [-0.15, -0.1) is 0 Å². The zero-order chi connectivity index (χ0) is 16.6. The van der Waals surface area contributed by atoms with E-state index in [4.69, 9.17) is 11.5 Å². The fourth-order valence-electron chi connectivity index (χ4n) is 3.34. The third-order valence-electron chi connectivity index (χ3n) is 4.28. The monoisotopic (exact) mass is 427 g/mol. The van der Waals surface area contributed by atoms with Gasteiger partial charge < -0.3 is 16.6 Å². The summed E-state index contributed by atoms with van der Waals surface area (Å²) >= 11 is 2.09. The molecule has 0 bridgehead atoms. The molecule has 1 aliphatic carbocycles. The van der Waals surface area contributed by atoms with E-state index in [0.717, 1.165) is 35.7 Å². The van der Waals surface area contributed by atoms with Crippen LogP contribution in [-0.4, -0.2) is 28.7 Å². The fourth-order valence-corrected chi connectivity index (χ4v) is 3.84. The Kier molecular flexibility index (Phi) is 4.17. The highest BCUT2D eigenvalue weighted by atomic mass is 127. The fraction of sp³-hybridized carbons (Fsp3) is 0.400. The molecule has 1 aromatic carbocycles. The molecule has 0 saturated heterocycles. The quantitative estimate of drug-likeness (QED) is 0.625. The van der Waals surface area contributed by atoms with Gasteiger partial charge >= 0.3 is 5.97 Å². The smallest absolute Gasteiger partial charge is 0.337 e. The van der Waals surface area contributed by atoms with Crippen molar-refractivity contribution in [3.05, 3.63) is 27.3 Å². The third kappa shape index (κ3) is 2.87. The molecule has 1 fully saturated rings. The van der Waals surface area contributed by atoms with Gasteiger partial charge in [0.2, 0.25) is 11.9 Å². The van der Waals surface area contributed by atoms with Crippen molar-refractivity contribution in [3.8, 4) is 0 Å². The number of guanidine groups is 2. The molecule has 1 aliphatic heterocycles. The van der Waals surface area contributed by atoms with E-state index >= 15 is 0 Å². The summed E-state index contributed by atoms with van der Waals surface area (Å²) in [6, 6.07) is 5.25. The number of anilines is 1. The molecule has 7 nitrogen and oxygen atoms in total. The SMILES string of the molecule is NC1=NC2(CCCCC2)N(c2ccc(I)cc2C(=O)O)C(N)=N1. The number of carbonyl (C=O) groups is 1. The number of nitrogens with zero attached hydrogens (tertiary/aromatic N) is 3. The molecule has 0 aromatic heterocycles. The number of hydrogen-bond donors (Lipinski definition) is 3. The molecule has 5 N–H and O–H groups in total. The topological polar surface area (TPSA) is 117 Å². The van der Waals surface area contributed by atoms with Crippen molar-refractivity contribution >= 4 is 46.2 Å². The molecule has 3 rings (SSSR count). The lowest BCUT2D eigenvalue weighted by molar-refractivity contribution is 0.0697. The van der Waals surface area contributed by atoms with Crippen LogP contribution < -0.4 is 16.4 Å². The first-order valence-electron chi connectivity index (χ1n) is 7.45. The Morgan fingerprint density at radius 1 is 1.26 bits per heavy atom. The van der Waals surface area contributed by atoms with Crippen LogP contribution in [0.3, 0.4) is 0 Å². The molecule has 1 heterocycles. The first kappa shape index (κ1) is 16.0. The first-order valence-corrected chi connectivity index (χ1v) is 8.53. The van der Waals surface area contributed by atoms with Gasteiger partial charge in [-0.3, -0.25) is 4.90 Å².